The normalized spacial score (nSPS) is 22.6. The van der Waals surface area contributed by atoms with Crippen LogP contribution < -0.4 is 10.6 Å². The first-order valence-electron chi connectivity index (χ1n) is 9.61. The number of piperidine rings is 1. The van der Waals surface area contributed by atoms with Gasteiger partial charge < -0.3 is 10.6 Å². The van der Waals surface area contributed by atoms with Crippen LogP contribution in [-0.2, 0) is 14.8 Å². The van der Waals surface area contributed by atoms with Crippen LogP contribution in [0.25, 0.3) is 0 Å². The van der Waals surface area contributed by atoms with Gasteiger partial charge in [0.2, 0.25) is 15.9 Å². The first-order chi connectivity index (χ1) is 12.5. The standard InChI is InChI=1S/C19H29N3O3S/c1-15-8-9-17(21-19(23)16-7-6-10-20-14-16)13-18(15)26(24,25)22-11-4-2-3-5-12-22/h8-9,13,16,20H,2-7,10-12,14H2,1H3,(H,21,23). The molecule has 3 rings (SSSR count). The van der Waals surface area contributed by atoms with E-state index in [0.29, 0.717) is 35.8 Å². The molecule has 1 aromatic carbocycles. The summed E-state index contributed by atoms with van der Waals surface area (Å²) in [6.07, 6.45) is 5.82. The number of hydrogen-bond donors (Lipinski definition) is 2. The summed E-state index contributed by atoms with van der Waals surface area (Å²) in [5.41, 5.74) is 1.27. The average molecular weight is 380 g/mol. The summed E-state index contributed by atoms with van der Waals surface area (Å²) in [5.74, 6) is -0.102. The molecule has 2 fully saturated rings. The highest BCUT2D eigenvalue weighted by atomic mass is 32.2. The molecule has 1 amide bonds. The molecule has 1 aromatic rings. The Morgan fingerprint density at radius 1 is 1.15 bits per heavy atom. The number of nitrogens with zero attached hydrogens (tertiary/aromatic N) is 1. The van der Waals surface area contributed by atoms with Gasteiger partial charge in [-0.1, -0.05) is 18.9 Å². The third-order valence-corrected chi connectivity index (χ3v) is 7.35. The minimum absolute atomic E-state index is 0.0424. The van der Waals surface area contributed by atoms with E-state index in [-0.39, 0.29) is 11.8 Å². The van der Waals surface area contributed by atoms with Crippen molar-refractivity contribution in [2.75, 3.05) is 31.5 Å². The molecule has 2 N–H and O–H groups in total. The van der Waals surface area contributed by atoms with Crippen LogP contribution >= 0.6 is 0 Å². The Labute approximate surface area is 156 Å². The van der Waals surface area contributed by atoms with E-state index in [1.54, 1.807) is 29.4 Å². The van der Waals surface area contributed by atoms with Crippen LogP contribution in [0.2, 0.25) is 0 Å². The van der Waals surface area contributed by atoms with E-state index in [4.69, 9.17) is 0 Å². The van der Waals surface area contributed by atoms with Crippen molar-refractivity contribution >= 4 is 21.6 Å². The molecule has 0 aliphatic carbocycles. The van der Waals surface area contributed by atoms with Gasteiger partial charge in [0.05, 0.1) is 10.8 Å². The van der Waals surface area contributed by atoms with E-state index in [2.05, 4.69) is 10.6 Å². The van der Waals surface area contributed by atoms with Crippen molar-refractivity contribution in [1.82, 2.24) is 9.62 Å². The van der Waals surface area contributed by atoms with E-state index < -0.39 is 10.0 Å². The number of amides is 1. The molecule has 0 saturated carbocycles. The van der Waals surface area contributed by atoms with Gasteiger partial charge in [0, 0.05) is 25.3 Å². The van der Waals surface area contributed by atoms with Crippen molar-refractivity contribution in [2.45, 2.75) is 50.3 Å². The molecule has 0 aromatic heterocycles. The zero-order chi connectivity index (χ0) is 18.6. The highest BCUT2D eigenvalue weighted by molar-refractivity contribution is 7.89. The molecule has 2 heterocycles. The predicted octanol–water partition coefficient (Wildman–Crippen LogP) is 2.50. The molecule has 26 heavy (non-hydrogen) atoms. The number of aryl methyl sites for hydroxylation is 1. The van der Waals surface area contributed by atoms with Crippen LogP contribution in [-0.4, -0.2) is 44.8 Å². The van der Waals surface area contributed by atoms with Crippen molar-refractivity contribution in [3.05, 3.63) is 23.8 Å². The van der Waals surface area contributed by atoms with E-state index >= 15 is 0 Å². The van der Waals surface area contributed by atoms with Crippen molar-refractivity contribution < 1.29 is 13.2 Å². The topological polar surface area (TPSA) is 78.5 Å². The number of rotatable bonds is 4. The number of nitrogens with one attached hydrogen (secondary N) is 2. The summed E-state index contributed by atoms with van der Waals surface area (Å²) in [7, 11) is -3.53. The Bertz CT molecular complexity index is 734. The number of carbonyl (C=O) groups is 1. The largest absolute Gasteiger partial charge is 0.326 e. The molecule has 0 radical (unpaired) electrons. The lowest BCUT2D eigenvalue weighted by molar-refractivity contribution is -0.120. The van der Waals surface area contributed by atoms with Crippen LogP contribution in [0.3, 0.4) is 0 Å². The van der Waals surface area contributed by atoms with E-state index in [1.165, 1.54) is 0 Å². The summed E-state index contributed by atoms with van der Waals surface area (Å²) >= 11 is 0. The molecule has 7 heteroatoms. The summed E-state index contributed by atoms with van der Waals surface area (Å²) < 4.78 is 27.8. The Kier molecular flexibility index (Phi) is 6.32. The average Bonchev–Trinajstić information content (AvgIpc) is 2.94. The summed E-state index contributed by atoms with van der Waals surface area (Å²) in [4.78, 5) is 12.8. The molecule has 2 aliphatic rings. The highest BCUT2D eigenvalue weighted by Crippen LogP contribution is 2.26. The maximum absolute atomic E-state index is 13.1. The lowest BCUT2D eigenvalue weighted by atomic mass is 9.99. The van der Waals surface area contributed by atoms with Crippen LogP contribution in [0.4, 0.5) is 5.69 Å². The molecule has 2 aliphatic heterocycles. The zero-order valence-electron chi connectivity index (χ0n) is 15.5. The number of hydrogen-bond acceptors (Lipinski definition) is 4. The van der Waals surface area contributed by atoms with Crippen molar-refractivity contribution in [1.29, 1.82) is 0 Å². The Hall–Kier alpha value is -1.44. The fraction of sp³-hybridized carbons (Fsp3) is 0.632. The smallest absolute Gasteiger partial charge is 0.243 e. The molecule has 144 valence electrons. The van der Waals surface area contributed by atoms with Crippen LogP contribution in [0, 0.1) is 12.8 Å². The number of sulfonamides is 1. The summed E-state index contributed by atoms with van der Waals surface area (Å²) in [6, 6.07) is 5.17. The van der Waals surface area contributed by atoms with Crippen LogP contribution in [0.15, 0.2) is 23.1 Å². The number of carbonyl (C=O) groups excluding carboxylic acids is 1. The third-order valence-electron chi connectivity index (χ3n) is 5.31. The first kappa shape index (κ1) is 19.3. The number of benzene rings is 1. The third kappa shape index (κ3) is 4.45. The minimum atomic E-state index is -3.53. The van der Waals surface area contributed by atoms with Crippen molar-refractivity contribution in [3.63, 3.8) is 0 Å². The van der Waals surface area contributed by atoms with Crippen molar-refractivity contribution in [2.24, 2.45) is 5.92 Å². The van der Waals surface area contributed by atoms with Gasteiger partial charge in [-0.2, -0.15) is 4.31 Å². The first-order valence-corrected chi connectivity index (χ1v) is 11.0. The van der Waals surface area contributed by atoms with E-state index in [0.717, 1.165) is 45.1 Å². The van der Waals surface area contributed by atoms with Gasteiger partial charge in [-0.3, -0.25) is 4.79 Å². The number of anilines is 1. The Morgan fingerprint density at radius 3 is 2.54 bits per heavy atom. The van der Waals surface area contributed by atoms with Crippen LogP contribution in [0.1, 0.15) is 44.1 Å². The fourth-order valence-electron chi connectivity index (χ4n) is 3.70. The van der Waals surface area contributed by atoms with E-state index in [1.807, 2.05) is 0 Å². The molecule has 1 atom stereocenters. The molecule has 6 nitrogen and oxygen atoms in total. The second-order valence-corrected chi connectivity index (χ2v) is 9.24. The Morgan fingerprint density at radius 2 is 1.88 bits per heavy atom. The summed E-state index contributed by atoms with van der Waals surface area (Å²) in [6.45, 7) is 4.59. The zero-order valence-corrected chi connectivity index (χ0v) is 16.3. The van der Waals surface area contributed by atoms with Gasteiger partial charge in [-0.25, -0.2) is 8.42 Å². The van der Waals surface area contributed by atoms with Crippen LogP contribution in [0.5, 0.6) is 0 Å². The SMILES string of the molecule is Cc1ccc(NC(=O)C2CCCNC2)cc1S(=O)(=O)N1CCCCCC1. The van der Waals surface area contributed by atoms with Gasteiger partial charge in [0.1, 0.15) is 0 Å². The highest BCUT2D eigenvalue weighted by Gasteiger charge is 2.27. The van der Waals surface area contributed by atoms with Crippen molar-refractivity contribution in [3.8, 4) is 0 Å². The summed E-state index contributed by atoms with van der Waals surface area (Å²) in [5, 5.41) is 6.14. The van der Waals surface area contributed by atoms with Gasteiger partial charge >= 0.3 is 0 Å². The molecule has 0 bridgehead atoms. The minimum Gasteiger partial charge on any atom is -0.326 e. The van der Waals surface area contributed by atoms with Gasteiger partial charge in [0.25, 0.3) is 0 Å². The molecular weight excluding hydrogens is 350 g/mol. The predicted molar refractivity (Wildman–Crippen MR) is 103 cm³/mol. The fourth-order valence-corrected chi connectivity index (χ4v) is 5.46. The molecule has 0 spiro atoms. The van der Waals surface area contributed by atoms with Gasteiger partial charge in [0.15, 0.2) is 0 Å². The molecule has 2 saturated heterocycles. The maximum Gasteiger partial charge on any atom is 0.243 e. The van der Waals surface area contributed by atoms with Gasteiger partial charge in [-0.15, -0.1) is 0 Å². The second kappa shape index (κ2) is 8.50. The maximum atomic E-state index is 13.1. The lowest BCUT2D eigenvalue weighted by Crippen LogP contribution is -2.37. The quantitative estimate of drug-likeness (QED) is 0.842. The second-order valence-electron chi connectivity index (χ2n) is 7.33. The van der Waals surface area contributed by atoms with Gasteiger partial charge in [-0.05, 0) is 56.8 Å². The Balaban J connectivity index is 1.79. The monoisotopic (exact) mass is 379 g/mol. The molecule has 1 unspecified atom stereocenters. The molecular formula is C19H29N3O3S. The van der Waals surface area contributed by atoms with E-state index in [9.17, 15) is 13.2 Å². The lowest BCUT2D eigenvalue weighted by Gasteiger charge is -2.23.